The Labute approximate surface area is 115 Å². The van der Waals surface area contributed by atoms with Crippen LogP contribution in [0.15, 0.2) is 18.3 Å². The molecule has 2 heterocycles. The molecule has 2 unspecified atom stereocenters. The zero-order valence-electron chi connectivity index (χ0n) is 11.3. The molecule has 0 radical (unpaired) electrons. The van der Waals surface area contributed by atoms with Crippen LogP contribution in [0.25, 0.3) is 0 Å². The van der Waals surface area contributed by atoms with E-state index in [4.69, 9.17) is 5.11 Å². The quantitative estimate of drug-likeness (QED) is 0.652. The molecule has 0 spiro atoms. The highest BCUT2D eigenvalue weighted by molar-refractivity contribution is 5.66. The van der Waals surface area contributed by atoms with Crippen molar-refractivity contribution in [2.45, 2.75) is 25.9 Å². The van der Waals surface area contributed by atoms with Gasteiger partial charge in [-0.15, -0.1) is 0 Å². The summed E-state index contributed by atoms with van der Waals surface area (Å²) in [6.07, 6.45) is 0.531. The van der Waals surface area contributed by atoms with Gasteiger partial charge < -0.3 is 25.0 Å². The highest BCUT2D eigenvalue weighted by atomic mass is 16.6. The molecule has 1 saturated heterocycles. The van der Waals surface area contributed by atoms with E-state index in [1.54, 1.807) is 6.07 Å². The van der Waals surface area contributed by atoms with Crippen molar-refractivity contribution < 1.29 is 14.8 Å². The second-order valence-electron chi connectivity index (χ2n) is 4.92. The summed E-state index contributed by atoms with van der Waals surface area (Å²) in [5, 5.41) is 19.7. The molecule has 20 heavy (non-hydrogen) atoms. The topological polar surface area (TPSA) is 99.8 Å². The molecule has 0 saturated carbocycles. The lowest BCUT2D eigenvalue weighted by atomic mass is 10.1. The van der Waals surface area contributed by atoms with Crippen LogP contribution in [0.3, 0.4) is 0 Å². The summed E-state index contributed by atoms with van der Waals surface area (Å²) >= 11 is 0. The largest absolute Gasteiger partial charge is 0.465 e. The first kappa shape index (κ1) is 14.0. The number of aromatic nitrogens is 1. The number of rotatable bonds is 2. The summed E-state index contributed by atoms with van der Waals surface area (Å²) in [7, 11) is 0. The Balaban J connectivity index is 2.17. The first-order chi connectivity index (χ1) is 9.40. The second-order valence-corrected chi connectivity index (χ2v) is 4.92. The number of nitro groups is 1. The van der Waals surface area contributed by atoms with E-state index in [-0.39, 0.29) is 17.9 Å². The maximum absolute atomic E-state index is 11.1. The van der Waals surface area contributed by atoms with Gasteiger partial charge >= 0.3 is 11.9 Å². The Morgan fingerprint density at radius 2 is 2.10 bits per heavy atom. The fourth-order valence-electron chi connectivity index (χ4n) is 2.41. The number of amides is 1. The molecule has 1 aromatic heterocycles. The molecule has 1 aliphatic heterocycles. The molecule has 8 nitrogen and oxygen atoms in total. The molecule has 1 amide bonds. The van der Waals surface area contributed by atoms with Crippen molar-refractivity contribution >= 4 is 17.6 Å². The molecule has 1 N–H and O–H groups in total. The van der Waals surface area contributed by atoms with Crippen LogP contribution in [0.4, 0.5) is 16.3 Å². The Bertz CT molecular complexity index is 519. The van der Waals surface area contributed by atoms with Crippen LogP contribution in [0.1, 0.15) is 13.8 Å². The summed E-state index contributed by atoms with van der Waals surface area (Å²) in [6, 6.07) is 2.85. The molecule has 0 aromatic carbocycles. The first-order valence-electron chi connectivity index (χ1n) is 6.26. The molecule has 0 aliphatic carbocycles. The lowest BCUT2D eigenvalue weighted by molar-refractivity contribution is -0.389. The summed E-state index contributed by atoms with van der Waals surface area (Å²) in [5.74, 6) is -0.196. The molecular formula is C12H16N4O4. The molecule has 2 rings (SSSR count). The predicted molar refractivity (Wildman–Crippen MR) is 71.9 cm³/mol. The van der Waals surface area contributed by atoms with Gasteiger partial charge in [0.25, 0.3) is 0 Å². The molecular weight excluding hydrogens is 264 g/mol. The zero-order valence-corrected chi connectivity index (χ0v) is 11.3. The van der Waals surface area contributed by atoms with Crippen LogP contribution in [-0.2, 0) is 0 Å². The predicted octanol–water partition coefficient (Wildman–Crippen LogP) is 1.57. The highest BCUT2D eigenvalue weighted by Crippen LogP contribution is 2.24. The lowest BCUT2D eigenvalue weighted by Crippen LogP contribution is -2.58. The highest BCUT2D eigenvalue weighted by Gasteiger charge is 2.32. The van der Waals surface area contributed by atoms with E-state index in [0.29, 0.717) is 13.1 Å². The zero-order chi connectivity index (χ0) is 14.9. The van der Waals surface area contributed by atoms with Gasteiger partial charge in [0.05, 0.1) is 5.69 Å². The molecule has 0 bridgehead atoms. The standard InChI is InChI=1S/C12H16N4O4/c1-8-7-15(12(17)18)9(2)6-14(8)10-3-4-11(13-5-10)16(19)20/h3-5,8-9H,6-7H2,1-2H3,(H,17,18). The normalized spacial score (nSPS) is 22.7. The van der Waals surface area contributed by atoms with E-state index in [0.717, 1.165) is 5.69 Å². The fraction of sp³-hybridized carbons (Fsp3) is 0.500. The van der Waals surface area contributed by atoms with E-state index >= 15 is 0 Å². The average Bonchev–Trinajstić information content (AvgIpc) is 2.40. The summed E-state index contributed by atoms with van der Waals surface area (Å²) in [5.41, 5.74) is 0.764. The number of carbonyl (C=O) groups is 1. The van der Waals surface area contributed by atoms with Crippen LogP contribution < -0.4 is 4.90 Å². The van der Waals surface area contributed by atoms with E-state index in [9.17, 15) is 14.9 Å². The number of piperazine rings is 1. The van der Waals surface area contributed by atoms with Crippen LogP contribution >= 0.6 is 0 Å². The van der Waals surface area contributed by atoms with Crippen molar-refractivity contribution in [2.75, 3.05) is 18.0 Å². The van der Waals surface area contributed by atoms with Crippen molar-refractivity contribution in [2.24, 2.45) is 0 Å². The monoisotopic (exact) mass is 280 g/mol. The van der Waals surface area contributed by atoms with Gasteiger partial charge in [-0.3, -0.25) is 0 Å². The number of hydrogen-bond donors (Lipinski definition) is 1. The molecule has 1 fully saturated rings. The number of pyridine rings is 1. The minimum Gasteiger partial charge on any atom is -0.465 e. The Morgan fingerprint density at radius 3 is 2.60 bits per heavy atom. The summed E-state index contributed by atoms with van der Waals surface area (Å²) in [4.78, 5) is 28.3. The van der Waals surface area contributed by atoms with Gasteiger partial charge in [-0.25, -0.2) is 4.79 Å². The molecule has 2 atom stereocenters. The van der Waals surface area contributed by atoms with Crippen molar-refractivity contribution in [3.63, 3.8) is 0 Å². The van der Waals surface area contributed by atoms with Gasteiger partial charge in [0.15, 0.2) is 6.20 Å². The van der Waals surface area contributed by atoms with Crippen molar-refractivity contribution in [3.05, 3.63) is 28.4 Å². The lowest BCUT2D eigenvalue weighted by Gasteiger charge is -2.43. The third kappa shape index (κ3) is 2.63. The van der Waals surface area contributed by atoms with E-state index in [1.165, 1.54) is 17.2 Å². The number of anilines is 1. The van der Waals surface area contributed by atoms with Gasteiger partial charge in [0.2, 0.25) is 0 Å². The van der Waals surface area contributed by atoms with E-state index in [1.807, 2.05) is 18.7 Å². The van der Waals surface area contributed by atoms with Crippen molar-refractivity contribution in [1.29, 1.82) is 0 Å². The summed E-state index contributed by atoms with van der Waals surface area (Å²) < 4.78 is 0. The minimum atomic E-state index is -0.925. The number of carboxylic acid groups (broad SMARTS) is 1. The molecule has 108 valence electrons. The summed E-state index contributed by atoms with van der Waals surface area (Å²) in [6.45, 7) is 4.69. The maximum atomic E-state index is 11.1. The SMILES string of the molecule is CC1CN(c2ccc([N+](=O)[O-])nc2)C(C)CN1C(=O)O. The van der Waals surface area contributed by atoms with Gasteiger partial charge in [-0.1, -0.05) is 0 Å². The Hall–Kier alpha value is -2.38. The van der Waals surface area contributed by atoms with E-state index < -0.39 is 11.0 Å². The van der Waals surface area contributed by atoms with Gasteiger partial charge in [-0.05, 0) is 29.8 Å². The van der Waals surface area contributed by atoms with E-state index in [2.05, 4.69) is 4.98 Å². The molecule has 1 aliphatic rings. The number of nitrogens with zero attached hydrogens (tertiary/aromatic N) is 4. The third-order valence-electron chi connectivity index (χ3n) is 3.48. The molecule has 1 aromatic rings. The van der Waals surface area contributed by atoms with Crippen molar-refractivity contribution in [1.82, 2.24) is 9.88 Å². The smallest absolute Gasteiger partial charge is 0.407 e. The first-order valence-corrected chi connectivity index (χ1v) is 6.26. The molecule has 8 heteroatoms. The van der Waals surface area contributed by atoms with Crippen LogP contribution in [0, 0.1) is 10.1 Å². The van der Waals surface area contributed by atoms with Gasteiger partial charge in [0.1, 0.15) is 0 Å². The maximum Gasteiger partial charge on any atom is 0.407 e. The van der Waals surface area contributed by atoms with Crippen LogP contribution in [0.2, 0.25) is 0 Å². The van der Waals surface area contributed by atoms with Gasteiger partial charge in [-0.2, -0.15) is 0 Å². The fourth-order valence-corrected chi connectivity index (χ4v) is 2.41. The minimum absolute atomic E-state index is 0.00874. The van der Waals surface area contributed by atoms with Crippen LogP contribution in [-0.4, -0.2) is 51.2 Å². The second kappa shape index (κ2) is 5.32. The van der Waals surface area contributed by atoms with Gasteiger partial charge in [0, 0.05) is 31.2 Å². The van der Waals surface area contributed by atoms with Crippen LogP contribution in [0.5, 0.6) is 0 Å². The average molecular weight is 280 g/mol. The Morgan fingerprint density at radius 1 is 1.40 bits per heavy atom. The number of hydrogen-bond acceptors (Lipinski definition) is 5. The third-order valence-corrected chi connectivity index (χ3v) is 3.48. The Kier molecular flexibility index (Phi) is 3.73. The van der Waals surface area contributed by atoms with Crippen molar-refractivity contribution in [3.8, 4) is 0 Å².